The van der Waals surface area contributed by atoms with Crippen LogP contribution in [0.4, 0.5) is 18.9 Å². The van der Waals surface area contributed by atoms with Gasteiger partial charge in [0.25, 0.3) is 5.91 Å². The second-order valence-corrected chi connectivity index (χ2v) is 15.0. The number of aromatic hydroxyl groups is 1. The van der Waals surface area contributed by atoms with Gasteiger partial charge in [-0.1, -0.05) is 60.7 Å². The Morgan fingerprint density at radius 1 is 0.895 bits per heavy atom. The summed E-state index contributed by atoms with van der Waals surface area (Å²) in [5.74, 6) is -0.557. The minimum atomic E-state index is -4.50. The summed E-state index contributed by atoms with van der Waals surface area (Å²) in [7, 11) is 0. The van der Waals surface area contributed by atoms with Crippen molar-refractivity contribution in [3.8, 4) is 11.5 Å². The third-order valence-corrected chi connectivity index (χ3v) is 11.1. The second kappa shape index (κ2) is 17.7. The predicted octanol–water partition coefficient (Wildman–Crippen LogP) is 7.63. The maximum atomic E-state index is 14.1. The van der Waals surface area contributed by atoms with Crippen molar-refractivity contribution in [3.63, 3.8) is 0 Å². The van der Waals surface area contributed by atoms with Crippen LogP contribution in [0, 0.1) is 0 Å². The predicted molar refractivity (Wildman–Crippen MR) is 213 cm³/mol. The van der Waals surface area contributed by atoms with Crippen molar-refractivity contribution in [1.82, 2.24) is 15.1 Å². The van der Waals surface area contributed by atoms with Crippen molar-refractivity contribution in [1.29, 1.82) is 0 Å². The van der Waals surface area contributed by atoms with Crippen LogP contribution < -0.4 is 15.0 Å². The number of hydrogen-bond acceptors (Lipinski definition) is 7. The highest BCUT2D eigenvalue weighted by molar-refractivity contribution is 6.05. The lowest BCUT2D eigenvalue weighted by Crippen LogP contribution is -2.52. The molecule has 0 spiro atoms. The van der Waals surface area contributed by atoms with E-state index in [-0.39, 0.29) is 36.2 Å². The fourth-order valence-corrected chi connectivity index (χ4v) is 7.84. The quantitative estimate of drug-likeness (QED) is 0.0772. The van der Waals surface area contributed by atoms with Crippen LogP contribution in [-0.2, 0) is 22.6 Å². The zero-order valence-electron chi connectivity index (χ0n) is 31.7. The lowest BCUT2D eigenvalue weighted by atomic mass is 9.96. The number of phenolic OH excluding ortho intramolecular Hbond substituents is 1. The molecule has 2 saturated heterocycles. The van der Waals surface area contributed by atoms with Crippen LogP contribution >= 0.6 is 0 Å². The van der Waals surface area contributed by atoms with E-state index < -0.39 is 24.2 Å². The number of anilines is 1. The Labute approximate surface area is 330 Å². The van der Waals surface area contributed by atoms with Gasteiger partial charge in [-0.15, -0.1) is 0 Å². The lowest BCUT2D eigenvalue weighted by Gasteiger charge is -2.36. The highest BCUT2D eigenvalue weighted by atomic mass is 19.4. The molecule has 0 saturated carbocycles. The highest BCUT2D eigenvalue weighted by Crippen LogP contribution is 2.32. The van der Waals surface area contributed by atoms with Gasteiger partial charge in [-0.25, -0.2) is 0 Å². The Morgan fingerprint density at radius 2 is 1.63 bits per heavy atom. The number of hydrogen-bond donors (Lipinski definition) is 2. The number of rotatable bonds is 14. The first-order chi connectivity index (χ1) is 27.5. The number of halogens is 3. The summed E-state index contributed by atoms with van der Waals surface area (Å²) in [6.07, 6.45) is -1.48. The fraction of sp³-hybridized carbons (Fsp3) is 0.356. The number of carbonyl (C=O) groups is 3. The molecule has 4 aromatic carbocycles. The van der Waals surface area contributed by atoms with Gasteiger partial charge in [0.1, 0.15) is 17.5 Å². The molecule has 2 N–H and O–H groups in total. The molecule has 12 heteroatoms. The van der Waals surface area contributed by atoms with Crippen LogP contribution in [0.25, 0.3) is 11.6 Å². The van der Waals surface area contributed by atoms with Crippen LogP contribution in [-0.4, -0.2) is 83.7 Å². The summed E-state index contributed by atoms with van der Waals surface area (Å²) in [6.45, 7) is 4.03. The topological polar surface area (TPSA) is 102 Å². The van der Waals surface area contributed by atoms with E-state index in [4.69, 9.17) is 4.74 Å². The summed E-state index contributed by atoms with van der Waals surface area (Å²) in [6, 6.07) is 28.9. The van der Waals surface area contributed by atoms with Crippen molar-refractivity contribution >= 4 is 35.1 Å². The Balaban J connectivity index is 0.876. The van der Waals surface area contributed by atoms with Crippen molar-refractivity contribution in [2.45, 2.75) is 69.8 Å². The lowest BCUT2D eigenvalue weighted by molar-refractivity contribution is -0.197. The number of alkyl halides is 3. The molecule has 3 amide bonds. The summed E-state index contributed by atoms with van der Waals surface area (Å²) in [5.41, 5.74) is 6.52. The first-order valence-corrected chi connectivity index (χ1v) is 19.6. The molecule has 2 fully saturated rings. The third kappa shape index (κ3) is 10.0. The average molecular weight is 781 g/mol. The number of piperidine rings is 1. The number of aryl methyl sites for hydroxylation is 1. The van der Waals surface area contributed by atoms with Crippen molar-refractivity contribution in [2.24, 2.45) is 0 Å². The molecular weight excluding hydrogens is 734 g/mol. The summed E-state index contributed by atoms with van der Waals surface area (Å²) in [4.78, 5) is 43.1. The minimum Gasteiger partial charge on any atom is -0.508 e. The number of nitrogens with one attached hydrogen (secondary N) is 1. The maximum absolute atomic E-state index is 14.1. The smallest absolute Gasteiger partial charge is 0.425 e. The fourth-order valence-electron chi connectivity index (χ4n) is 7.84. The number of carbonyl (C=O) groups excluding carboxylic acids is 3. The van der Waals surface area contributed by atoms with Crippen LogP contribution in [0.3, 0.4) is 0 Å². The number of benzene rings is 4. The van der Waals surface area contributed by atoms with Crippen LogP contribution in [0.1, 0.15) is 71.1 Å². The van der Waals surface area contributed by atoms with Crippen LogP contribution in [0.5, 0.6) is 11.5 Å². The number of amides is 3. The second-order valence-electron chi connectivity index (χ2n) is 15.0. The van der Waals surface area contributed by atoms with Gasteiger partial charge < -0.3 is 19.6 Å². The van der Waals surface area contributed by atoms with Crippen molar-refractivity contribution in [3.05, 3.63) is 125 Å². The molecule has 3 aliphatic heterocycles. The molecule has 0 aliphatic carbocycles. The Hall–Kier alpha value is -5.62. The van der Waals surface area contributed by atoms with Gasteiger partial charge in [0, 0.05) is 50.4 Å². The van der Waals surface area contributed by atoms with Gasteiger partial charge in [0.05, 0.1) is 0 Å². The largest absolute Gasteiger partial charge is 0.508 e. The molecule has 0 radical (unpaired) electrons. The zero-order chi connectivity index (χ0) is 39.9. The average Bonchev–Trinajstić information content (AvgIpc) is 3.53. The van der Waals surface area contributed by atoms with E-state index in [2.05, 4.69) is 15.1 Å². The van der Waals surface area contributed by atoms with E-state index in [1.165, 1.54) is 0 Å². The van der Waals surface area contributed by atoms with Crippen LogP contribution in [0.2, 0.25) is 0 Å². The Bertz CT molecular complexity index is 2060. The van der Waals surface area contributed by atoms with E-state index in [0.717, 1.165) is 72.5 Å². The number of fused-ring (bicyclic) bond motifs is 1. The van der Waals surface area contributed by atoms with Crippen molar-refractivity contribution < 1.29 is 37.4 Å². The molecule has 0 aromatic heterocycles. The summed E-state index contributed by atoms with van der Waals surface area (Å²) >= 11 is 0. The summed E-state index contributed by atoms with van der Waals surface area (Å²) < 4.78 is 47.9. The number of nitrogens with zero attached hydrogens (tertiary/aromatic N) is 3. The number of piperazine rings is 1. The maximum Gasteiger partial charge on any atom is 0.425 e. The van der Waals surface area contributed by atoms with Gasteiger partial charge in [-0.05, 0) is 115 Å². The number of phenols is 1. The Morgan fingerprint density at radius 3 is 2.33 bits per heavy atom. The van der Waals surface area contributed by atoms with Gasteiger partial charge in [0.2, 0.25) is 11.8 Å². The van der Waals surface area contributed by atoms with Crippen molar-refractivity contribution in [2.75, 3.05) is 37.6 Å². The molecule has 7 rings (SSSR count). The first-order valence-electron chi connectivity index (χ1n) is 19.6. The number of imide groups is 1. The SMILES string of the molecule is O=C1CCC(N2Cc3cc(N4CCN(CCCC[C@H](Oc5ccc(/C=C(/CCc6ccc(O)cc6)c6ccccc6)cc5)C(F)(F)F)CC4)ccc3C2=O)C(=O)N1. The first kappa shape index (κ1) is 39.6. The van der Waals surface area contributed by atoms with Gasteiger partial charge in [-0.2, -0.15) is 13.2 Å². The molecule has 3 aliphatic rings. The number of allylic oxidation sites excluding steroid dienone is 1. The van der Waals surface area contributed by atoms with Gasteiger partial charge >= 0.3 is 6.18 Å². The van der Waals surface area contributed by atoms with Crippen LogP contribution in [0.15, 0.2) is 97.1 Å². The molecule has 1 unspecified atom stereocenters. The standard InChI is InChI=1S/C45H47F3N4O5/c46-45(47,48)41(57-38-18-12-32(13-19-38)28-34(33-6-2-1-3-7-33)14-9-31-10-16-37(53)17-11-31)8-4-5-23-50-24-26-51(27-25-50)36-15-20-39-35(29-36)30-52(44(39)56)40-21-22-42(54)49-43(40)55/h1-3,6-7,10-13,15-20,28-29,40-41,53H,4-5,8-9,14,21-27,30H2,(H,49,54,55)/b34-28-/t40?,41-/m0/s1. The van der Waals surface area contributed by atoms with E-state index >= 15 is 0 Å². The molecule has 9 nitrogen and oxygen atoms in total. The van der Waals surface area contributed by atoms with E-state index in [1.807, 2.05) is 60.7 Å². The normalized spacial score (nSPS) is 18.4. The van der Waals surface area contributed by atoms with E-state index in [1.54, 1.807) is 47.4 Å². The van der Waals surface area contributed by atoms with E-state index in [0.29, 0.717) is 37.9 Å². The molecular formula is C45H47F3N4O5. The number of ether oxygens (including phenoxy) is 1. The van der Waals surface area contributed by atoms with Gasteiger partial charge in [0.15, 0.2) is 6.10 Å². The highest BCUT2D eigenvalue weighted by Gasteiger charge is 2.42. The molecule has 57 heavy (non-hydrogen) atoms. The zero-order valence-corrected chi connectivity index (χ0v) is 31.7. The number of unbranched alkanes of at least 4 members (excludes halogenated alkanes) is 1. The molecule has 3 heterocycles. The van der Waals surface area contributed by atoms with Gasteiger partial charge in [-0.3, -0.25) is 24.6 Å². The molecule has 4 aromatic rings. The molecule has 0 bridgehead atoms. The summed E-state index contributed by atoms with van der Waals surface area (Å²) in [5, 5.41) is 12.0. The molecule has 2 atom stereocenters. The molecule has 298 valence electrons. The minimum absolute atomic E-state index is 0.135. The third-order valence-electron chi connectivity index (χ3n) is 11.1. The van der Waals surface area contributed by atoms with E-state index in [9.17, 15) is 32.7 Å². The monoisotopic (exact) mass is 780 g/mol. The Kier molecular flexibility index (Phi) is 12.3.